The molecule has 2 N–H and O–H groups in total. The zero-order valence-electron chi connectivity index (χ0n) is 17.1. The smallest absolute Gasteiger partial charge is 0.191 e. The maximum atomic E-state index is 5.66. The first-order valence-corrected chi connectivity index (χ1v) is 10.1. The van der Waals surface area contributed by atoms with Gasteiger partial charge in [-0.15, -0.1) is 0 Å². The summed E-state index contributed by atoms with van der Waals surface area (Å²) in [6.45, 7) is 6.36. The van der Waals surface area contributed by atoms with Gasteiger partial charge in [0.2, 0.25) is 0 Å². The van der Waals surface area contributed by atoms with Gasteiger partial charge in [-0.25, -0.2) is 0 Å². The number of hydrogen-bond donors (Lipinski definition) is 2. The standard InChI is InChI=1S/C21H35N3O3/c1-4-22-21(24-13-6-14-27-16-18-8-9-18)23-12-5-7-17-10-11-19(25-2)20(15-17)26-3/h10-11,15,18H,4-9,12-14,16H2,1-3H3,(H2,22,23,24). The molecule has 0 spiro atoms. The number of aliphatic imine (C=N–C) groups is 1. The highest BCUT2D eigenvalue weighted by molar-refractivity contribution is 5.79. The van der Waals surface area contributed by atoms with Gasteiger partial charge in [0.1, 0.15) is 0 Å². The van der Waals surface area contributed by atoms with Crippen LogP contribution in [0.15, 0.2) is 23.2 Å². The lowest BCUT2D eigenvalue weighted by molar-refractivity contribution is 0.123. The highest BCUT2D eigenvalue weighted by Gasteiger charge is 2.20. The summed E-state index contributed by atoms with van der Waals surface area (Å²) in [5.41, 5.74) is 1.23. The Hall–Kier alpha value is -1.95. The van der Waals surface area contributed by atoms with Gasteiger partial charge in [0.25, 0.3) is 0 Å². The van der Waals surface area contributed by atoms with E-state index in [4.69, 9.17) is 14.2 Å². The van der Waals surface area contributed by atoms with Crippen LogP contribution in [-0.4, -0.2) is 53.0 Å². The van der Waals surface area contributed by atoms with Crippen molar-refractivity contribution < 1.29 is 14.2 Å². The summed E-state index contributed by atoms with van der Waals surface area (Å²) in [6.07, 6.45) is 5.63. The van der Waals surface area contributed by atoms with Crippen molar-refractivity contribution in [3.05, 3.63) is 23.8 Å². The van der Waals surface area contributed by atoms with E-state index in [9.17, 15) is 0 Å². The SMILES string of the molecule is CCNC(=NCCCc1ccc(OC)c(OC)c1)NCCCOCC1CC1. The monoisotopic (exact) mass is 377 g/mol. The summed E-state index contributed by atoms with van der Waals surface area (Å²) in [6, 6.07) is 6.07. The van der Waals surface area contributed by atoms with E-state index in [0.29, 0.717) is 0 Å². The maximum absolute atomic E-state index is 5.66. The van der Waals surface area contributed by atoms with Crippen LogP contribution in [0.25, 0.3) is 0 Å². The van der Waals surface area contributed by atoms with Gasteiger partial charge >= 0.3 is 0 Å². The molecule has 0 radical (unpaired) electrons. The number of methoxy groups -OCH3 is 2. The summed E-state index contributed by atoms with van der Waals surface area (Å²) < 4.78 is 16.3. The first-order valence-electron chi connectivity index (χ1n) is 10.1. The lowest BCUT2D eigenvalue weighted by atomic mass is 10.1. The number of aryl methyl sites for hydroxylation is 1. The average molecular weight is 378 g/mol. The van der Waals surface area contributed by atoms with Crippen molar-refractivity contribution in [1.82, 2.24) is 10.6 Å². The fourth-order valence-corrected chi connectivity index (χ4v) is 2.77. The molecular weight excluding hydrogens is 342 g/mol. The highest BCUT2D eigenvalue weighted by atomic mass is 16.5. The molecule has 1 saturated carbocycles. The van der Waals surface area contributed by atoms with Gasteiger partial charge in [0.15, 0.2) is 17.5 Å². The fourth-order valence-electron chi connectivity index (χ4n) is 2.77. The van der Waals surface area contributed by atoms with Crippen LogP contribution in [0.2, 0.25) is 0 Å². The zero-order valence-corrected chi connectivity index (χ0v) is 17.1. The van der Waals surface area contributed by atoms with Crippen LogP contribution in [0, 0.1) is 5.92 Å². The molecule has 6 nitrogen and oxygen atoms in total. The van der Waals surface area contributed by atoms with E-state index in [1.54, 1.807) is 14.2 Å². The van der Waals surface area contributed by atoms with Crippen LogP contribution in [0.3, 0.4) is 0 Å². The summed E-state index contributed by atoms with van der Waals surface area (Å²) in [7, 11) is 3.32. The van der Waals surface area contributed by atoms with Crippen molar-refractivity contribution in [2.45, 2.75) is 39.0 Å². The number of benzene rings is 1. The van der Waals surface area contributed by atoms with Crippen molar-refractivity contribution in [3.63, 3.8) is 0 Å². The Labute approximate surface area is 163 Å². The molecule has 0 bridgehead atoms. The molecule has 6 heteroatoms. The van der Waals surface area contributed by atoms with Crippen molar-refractivity contribution in [2.24, 2.45) is 10.9 Å². The summed E-state index contributed by atoms with van der Waals surface area (Å²) in [5.74, 6) is 3.26. The molecule has 27 heavy (non-hydrogen) atoms. The molecule has 1 aliphatic rings. The first-order chi connectivity index (χ1) is 13.3. The molecule has 0 unspecified atom stereocenters. The van der Waals surface area contributed by atoms with Gasteiger partial charge in [0.05, 0.1) is 14.2 Å². The summed E-state index contributed by atoms with van der Waals surface area (Å²) >= 11 is 0. The van der Waals surface area contributed by atoms with Crippen molar-refractivity contribution >= 4 is 5.96 Å². The molecule has 1 aromatic carbocycles. The minimum atomic E-state index is 0.763. The molecule has 0 heterocycles. The van der Waals surface area contributed by atoms with E-state index < -0.39 is 0 Å². The fraction of sp³-hybridized carbons (Fsp3) is 0.667. The Morgan fingerprint density at radius 3 is 2.63 bits per heavy atom. The third-order valence-electron chi connectivity index (χ3n) is 4.49. The van der Waals surface area contributed by atoms with Gasteiger partial charge in [-0.1, -0.05) is 6.07 Å². The maximum Gasteiger partial charge on any atom is 0.191 e. The average Bonchev–Trinajstić information content (AvgIpc) is 3.51. The van der Waals surface area contributed by atoms with Crippen molar-refractivity contribution in [1.29, 1.82) is 0 Å². The Morgan fingerprint density at radius 2 is 1.93 bits per heavy atom. The number of hydrogen-bond acceptors (Lipinski definition) is 4. The van der Waals surface area contributed by atoms with E-state index in [0.717, 1.165) is 75.5 Å². The molecule has 0 atom stereocenters. The van der Waals surface area contributed by atoms with E-state index in [-0.39, 0.29) is 0 Å². The van der Waals surface area contributed by atoms with E-state index >= 15 is 0 Å². The Bertz CT molecular complexity index is 574. The Balaban J connectivity index is 1.65. The number of guanidine groups is 1. The van der Waals surface area contributed by atoms with Crippen molar-refractivity contribution in [3.8, 4) is 11.5 Å². The predicted molar refractivity (Wildman–Crippen MR) is 110 cm³/mol. The molecule has 1 aromatic rings. The molecule has 0 amide bonds. The van der Waals surface area contributed by atoms with E-state index in [1.807, 2.05) is 12.1 Å². The largest absolute Gasteiger partial charge is 0.493 e. The van der Waals surface area contributed by atoms with E-state index in [2.05, 4.69) is 28.6 Å². The molecule has 0 aromatic heterocycles. The van der Waals surface area contributed by atoms with Crippen molar-refractivity contribution in [2.75, 3.05) is 47.1 Å². The molecule has 0 saturated heterocycles. The van der Waals surface area contributed by atoms with Crippen LogP contribution >= 0.6 is 0 Å². The lowest BCUT2D eigenvalue weighted by Gasteiger charge is -2.12. The second kappa shape index (κ2) is 12.4. The third kappa shape index (κ3) is 8.52. The number of ether oxygens (including phenoxy) is 3. The Kier molecular flexibility index (Phi) is 9.84. The molecule has 1 aliphatic carbocycles. The van der Waals surface area contributed by atoms with Gasteiger partial charge < -0.3 is 24.8 Å². The number of nitrogens with one attached hydrogen (secondary N) is 2. The minimum Gasteiger partial charge on any atom is -0.493 e. The van der Waals surface area contributed by atoms with Gasteiger partial charge in [-0.05, 0) is 62.6 Å². The molecule has 152 valence electrons. The number of rotatable bonds is 13. The zero-order chi connectivity index (χ0) is 19.3. The van der Waals surface area contributed by atoms with Gasteiger partial charge in [-0.3, -0.25) is 4.99 Å². The molecule has 2 rings (SSSR count). The van der Waals surface area contributed by atoms with Crippen LogP contribution in [-0.2, 0) is 11.2 Å². The third-order valence-corrected chi connectivity index (χ3v) is 4.49. The van der Waals surface area contributed by atoms with Crippen LogP contribution in [0.5, 0.6) is 11.5 Å². The van der Waals surface area contributed by atoms with Crippen LogP contribution in [0.1, 0.15) is 38.2 Å². The predicted octanol–water partition coefficient (Wildman–Crippen LogP) is 3.01. The first kappa shape index (κ1) is 21.4. The quantitative estimate of drug-likeness (QED) is 0.314. The Morgan fingerprint density at radius 1 is 1.11 bits per heavy atom. The molecule has 1 fully saturated rings. The molecular formula is C21H35N3O3. The molecule has 0 aliphatic heterocycles. The minimum absolute atomic E-state index is 0.763. The van der Waals surface area contributed by atoms with Gasteiger partial charge in [0, 0.05) is 32.8 Å². The summed E-state index contributed by atoms with van der Waals surface area (Å²) in [5, 5.41) is 6.67. The normalized spacial score (nSPS) is 14.1. The summed E-state index contributed by atoms with van der Waals surface area (Å²) in [4.78, 5) is 4.66. The van der Waals surface area contributed by atoms with E-state index in [1.165, 1.54) is 18.4 Å². The highest BCUT2D eigenvalue weighted by Crippen LogP contribution is 2.29. The number of nitrogens with zero attached hydrogens (tertiary/aromatic N) is 1. The second-order valence-corrected chi connectivity index (χ2v) is 6.85. The van der Waals surface area contributed by atoms with Crippen LogP contribution in [0.4, 0.5) is 0 Å². The second-order valence-electron chi connectivity index (χ2n) is 6.85. The van der Waals surface area contributed by atoms with Crippen LogP contribution < -0.4 is 20.1 Å². The van der Waals surface area contributed by atoms with Gasteiger partial charge in [-0.2, -0.15) is 0 Å². The lowest BCUT2D eigenvalue weighted by Crippen LogP contribution is -2.38. The topological polar surface area (TPSA) is 64.1 Å².